The smallest absolute Gasteiger partial charge is 0.220 e. The maximum absolute atomic E-state index is 12.3. The average molecular weight is 582 g/mol. The summed E-state index contributed by atoms with van der Waals surface area (Å²) < 4.78 is 0. The molecule has 2 atom stereocenters. The van der Waals surface area contributed by atoms with E-state index < -0.39 is 12.1 Å². The van der Waals surface area contributed by atoms with Gasteiger partial charge in [-0.25, -0.2) is 0 Å². The van der Waals surface area contributed by atoms with E-state index in [0.717, 1.165) is 25.7 Å². The van der Waals surface area contributed by atoms with Gasteiger partial charge in [0.25, 0.3) is 0 Å². The average Bonchev–Trinajstić information content (AvgIpc) is 2.97. The van der Waals surface area contributed by atoms with Crippen LogP contribution >= 0.6 is 0 Å². The lowest BCUT2D eigenvalue weighted by atomic mass is 10.0. The van der Waals surface area contributed by atoms with E-state index in [-0.39, 0.29) is 12.5 Å². The quantitative estimate of drug-likeness (QED) is 0.0662. The Bertz CT molecular complexity index is 512. The van der Waals surface area contributed by atoms with Gasteiger partial charge in [-0.2, -0.15) is 0 Å². The van der Waals surface area contributed by atoms with Crippen molar-refractivity contribution in [2.75, 3.05) is 6.61 Å². The molecule has 0 aromatic heterocycles. The second-order valence-electron chi connectivity index (χ2n) is 13.0. The van der Waals surface area contributed by atoms with Crippen LogP contribution in [0.2, 0.25) is 0 Å². The van der Waals surface area contributed by atoms with E-state index in [1.807, 2.05) is 0 Å². The Balaban J connectivity index is 3.52. The summed E-state index contributed by atoms with van der Waals surface area (Å²) in [5.41, 5.74) is 0. The van der Waals surface area contributed by atoms with Gasteiger partial charge in [-0.05, 0) is 12.8 Å². The highest BCUT2D eigenvalue weighted by atomic mass is 16.3. The lowest BCUT2D eigenvalue weighted by Crippen LogP contribution is -2.45. The maximum Gasteiger partial charge on any atom is 0.220 e. The first-order valence-corrected chi connectivity index (χ1v) is 18.7. The highest BCUT2D eigenvalue weighted by molar-refractivity contribution is 5.76. The van der Waals surface area contributed by atoms with Crippen molar-refractivity contribution in [3.8, 4) is 0 Å². The fourth-order valence-electron chi connectivity index (χ4n) is 5.95. The summed E-state index contributed by atoms with van der Waals surface area (Å²) in [5, 5.41) is 23.0. The van der Waals surface area contributed by atoms with Gasteiger partial charge in [-0.1, -0.05) is 194 Å². The molecule has 0 heterocycles. The minimum absolute atomic E-state index is 0.0291. The Morgan fingerprint density at radius 1 is 0.488 bits per heavy atom. The first-order chi connectivity index (χ1) is 20.2. The number of unbranched alkanes of at least 4 members (excludes halogenated alkanes) is 27. The molecule has 4 nitrogen and oxygen atoms in total. The van der Waals surface area contributed by atoms with E-state index in [2.05, 4.69) is 19.2 Å². The zero-order valence-corrected chi connectivity index (χ0v) is 28.1. The van der Waals surface area contributed by atoms with Crippen molar-refractivity contribution < 1.29 is 15.0 Å². The van der Waals surface area contributed by atoms with E-state index >= 15 is 0 Å². The fourth-order valence-corrected chi connectivity index (χ4v) is 5.95. The molecular formula is C37H75NO3. The number of nitrogens with one attached hydrogen (secondary N) is 1. The van der Waals surface area contributed by atoms with Crippen LogP contribution in [0.1, 0.15) is 213 Å². The van der Waals surface area contributed by atoms with Crippen LogP contribution in [0.25, 0.3) is 0 Å². The van der Waals surface area contributed by atoms with Gasteiger partial charge in [0, 0.05) is 6.42 Å². The first kappa shape index (κ1) is 40.4. The van der Waals surface area contributed by atoms with Crippen LogP contribution in [-0.2, 0) is 4.79 Å². The van der Waals surface area contributed by atoms with Crippen LogP contribution in [0.3, 0.4) is 0 Å². The minimum atomic E-state index is -0.651. The molecule has 0 aliphatic carbocycles. The molecule has 0 unspecified atom stereocenters. The summed E-state index contributed by atoms with van der Waals surface area (Å²) in [4.78, 5) is 12.3. The standard InChI is InChI=1S/C37H75NO3/c1-3-5-7-9-11-13-15-17-19-20-22-24-26-28-30-32-36(40)35(34-39)38-37(41)33-31-29-27-25-23-21-18-16-14-12-10-8-6-4-2/h35-36,39-40H,3-34H2,1-2H3,(H,38,41)/t35-,36+/m0/s1. The Hall–Kier alpha value is -0.610. The molecule has 0 spiro atoms. The van der Waals surface area contributed by atoms with Gasteiger partial charge in [-0.3, -0.25) is 4.79 Å². The van der Waals surface area contributed by atoms with Crippen molar-refractivity contribution in [1.82, 2.24) is 5.32 Å². The molecule has 1 amide bonds. The second-order valence-corrected chi connectivity index (χ2v) is 13.0. The van der Waals surface area contributed by atoms with Gasteiger partial charge in [0.1, 0.15) is 0 Å². The number of aliphatic hydroxyl groups is 2. The van der Waals surface area contributed by atoms with Gasteiger partial charge >= 0.3 is 0 Å². The number of aliphatic hydroxyl groups excluding tert-OH is 2. The number of rotatable bonds is 34. The Morgan fingerprint density at radius 2 is 0.780 bits per heavy atom. The van der Waals surface area contributed by atoms with E-state index in [1.165, 1.54) is 161 Å². The monoisotopic (exact) mass is 582 g/mol. The molecule has 3 N–H and O–H groups in total. The van der Waals surface area contributed by atoms with Crippen LogP contribution in [0, 0.1) is 0 Å². The molecule has 0 aliphatic rings. The van der Waals surface area contributed by atoms with Gasteiger partial charge in [-0.15, -0.1) is 0 Å². The normalized spacial score (nSPS) is 13.0. The summed E-state index contributed by atoms with van der Waals surface area (Å²) in [6, 6.07) is -0.527. The number of hydrogen-bond donors (Lipinski definition) is 3. The van der Waals surface area contributed by atoms with Crippen LogP contribution < -0.4 is 5.32 Å². The minimum Gasteiger partial charge on any atom is -0.394 e. The molecule has 246 valence electrons. The predicted molar refractivity (Wildman–Crippen MR) is 179 cm³/mol. The molecule has 0 saturated carbocycles. The van der Waals surface area contributed by atoms with E-state index in [0.29, 0.717) is 12.8 Å². The zero-order chi connectivity index (χ0) is 30.1. The Morgan fingerprint density at radius 3 is 1.10 bits per heavy atom. The summed E-state index contributed by atoms with van der Waals surface area (Å²) in [6.07, 6.45) is 38.7. The molecule has 0 aromatic rings. The maximum atomic E-state index is 12.3. The highest BCUT2D eigenvalue weighted by Gasteiger charge is 2.19. The van der Waals surface area contributed by atoms with Crippen molar-refractivity contribution in [2.24, 2.45) is 0 Å². The molecular weight excluding hydrogens is 506 g/mol. The molecule has 0 fully saturated rings. The summed E-state index contributed by atoms with van der Waals surface area (Å²) in [7, 11) is 0. The lowest BCUT2D eigenvalue weighted by molar-refractivity contribution is -0.123. The molecule has 0 aliphatic heterocycles. The predicted octanol–water partition coefficient (Wildman–Crippen LogP) is 11.0. The summed E-state index contributed by atoms with van der Waals surface area (Å²) >= 11 is 0. The van der Waals surface area contributed by atoms with E-state index in [9.17, 15) is 15.0 Å². The number of amides is 1. The first-order valence-electron chi connectivity index (χ1n) is 18.7. The van der Waals surface area contributed by atoms with Gasteiger partial charge in [0.2, 0.25) is 5.91 Å². The van der Waals surface area contributed by atoms with Crippen molar-refractivity contribution >= 4 is 5.91 Å². The largest absolute Gasteiger partial charge is 0.394 e. The Kier molecular flexibility index (Phi) is 33.4. The highest BCUT2D eigenvalue weighted by Crippen LogP contribution is 2.16. The molecule has 0 saturated heterocycles. The molecule has 0 bridgehead atoms. The molecule has 0 radical (unpaired) electrons. The summed E-state index contributed by atoms with van der Waals surface area (Å²) in [6.45, 7) is 4.36. The van der Waals surface area contributed by atoms with E-state index in [1.54, 1.807) is 0 Å². The van der Waals surface area contributed by atoms with Crippen molar-refractivity contribution in [2.45, 2.75) is 225 Å². The topological polar surface area (TPSA) is 69.6 Å². The van der Waals surface area contributed by atoms with Crippen LogP contribution in [0.5, 0.6) is 0 Å². The van der Waals surface area contributed by atoms with Gasteiger partial charge < -0.3 is 15.5 Å². The molecule has 41 heavy (non-hydrogen) atoms. The fraction of sp³-hybridized carbons (Fsp3) is 0.973. The molecule has 0 rings (SSSR count). The third-order valence-corrected chi connectivity index (χ3v) is 8.87. The van der Waals surface area contributed by atoms with Crippen LogP contribution in [-0.4, -0.2) is 34.9 Å². The SMILES string of the molecule is CCCCCCCCCCCCCCCCC[C@@H](O)[C@H](CO)NC(=O)CCCCCCCCCCCCCCCC. The van der Waals surface area contributed by atoms with E-state index in [4.69, 9.17) is 0 Å². The van der Waals surface area contributed by atoms with Crippen molar-refractivity contribution in [3.05, 3.63) is 0 Å². The van der Waals surface area contributed by atoms with Crippen molar-refractivity contribution in [1.29, 1.82) is 0 Å². The lowest BCUT2D eigenvalue weighted by Gasteiger charge is -2.22. The third kappa shape index (κ3) is 30.6. The van der Waals surface area contributed by atoms with Gasteiger partial charge in [0.05, 0.1) is 18.8 Å². The third-order valence-electron chi connectivity index (χ3n) is 8.87. The van der Waals surface area contributed by atoms with Crippen LogP contribution in [0.15, 0.2) is 0 Å². The Labute approximate surface area is 257 Å². The van der Waals surface area contributed by atoms with Crippen molar-refractivity contribution in [3.63, 3.8) is 0 Å². The molecule has 4 heteroatoms. The zero-order valence-electron chi connectivity index (χ0n) is 28.1. The van der Waals surface area contributed by atoms with Gasteiger partial charge in [0.15, 0.2) is 0 Å². The van der Waals surface area contributed by atoms with Crippen LogP contribution in [0.4, 0.5) is 0 Å². The summed E-state index contributed by atoms with van der Waals surface area (Å²) in [5.74, 6) is -0.0291. The number of hydrogen-bond acceptors (Lipinski definition) is 3. The second kappa shape index (κ2) is 33.9. The number of carbonyl (C=O) groups is 1. The molecule has 0 aromatic carbocycles. The number of carbonyl (C=O) groups excluding carboxylic acids is 1.